The maximum atomic E-state index is 12.2. The van der Waals surface area contributed by atoms with Gasteiger partial charge in [-0.2, -0.15) is 0 Å². The van der Waals surface area contributed by atoms with Crippen molar-refractivity contribution in [1.82, 2.24) is 0 Å². The van der Waals surface area contributed by atoms with Crippen molar-refractivity contribution < 1.29 is 19.4 Å². The molecule has 0 aliphatic rings. The van der Waals surface area contributed by atoms with Crippen LogP contribution in [0.3, 0.4) is 0 Å². The molecule has 270 valence electrons. The van der Waals surface area contributed by atoms with Gasteiger partial charge in [0.05, 0.1) is 13.2 Å². The molecule has 0 aromatic heterocycles. The van der Waals surface area contributed by atoms with Crippen molar-refractivity contribution in [3.05, 3.63) is 72.9 Å². The lowest BCUT2D eigenvalue weighted by Crippen LogP contribution is -2.27. The number of rotatable bonds is 35. The van der Waals surface area contributed by atoms with Gasteiger partial charge in [0.2, 0.25) is 0 Å². The first kappa shape index (κ1) is 44.8. The van der Waals surface area contributed by atoms with Crippen LogP contribution in [0.4, 0.5) is 0 Å². The number of carbonyl (C=O) groups is 1. The number of ether oxygens (including phenoxy) is 2. The van der Waals surface area contributed by atoms with Crippen LogP contribution in [0.15, 0.2) is 72.9 Å². The van der Waals surface area contributed by atoms with E-state index >= 15 is 0 Å². The van der Waals surface area contributed by atoms with Crippen molar-refractivity contribution in [2.75, 3.05) is 19.8 Å². The van der Waals surface area contributed by atoms with E-state index in [0.29, 0.717) is 13.0 Å². The Hall–Kier alpha value is -2.17. The van der Waals surface area contributed by atoms with Crippen LogP contribution >= 0.6 is 0 Å². The van der Waals surface area contributed by atoms with E-state index in [-0.39, 0.29) is 19.2 Å². The van der Waals surface area contributed by atoms with Crippen molar-refractivity contribution in [3.63, 3.8) is 0 Å². The lowest BCUT2D eigenvalue weighted by Gasteiger charge is -2.15. The van der Waals surface area contributed by atoms with Gasteiger partial charge in [-0.15, -0.1) is 0 Å². The van der Waals surface area contributed by atoms with Crippen molar-refractivity contribution in [2.24, 2.45) is 0 Å². The highest BCUT2D eigenvalue weighted by molar-refractivity contribution is 5.69. The summed E-state index contributed by atoms with van der Waals surface area (Å²) in [5.74, 6) is -0.227. The number of aliphatic hydroxyl groups is 1. The molecule has 0 aromatic rings. The van der Waals surface area contributed by atoms with Gasteiger partial charge < -0.3 is 14.6 Å². The van der Waals surface area contributed by atoms with Gasteiger partial charge in [0.25, 0.3) is 0 Å². The van der Waals surface area contributed by atoms with Crippen LogP contribution < -0.4 is 0 Å². The minimum absolute atomic E-state index is 0.199. The Morgan fingerprint density at radius 1 is 0.532 bits per heavy atom. The van der Waals surface area contributed by atoms with Crippen LogP contribution in [0.2, 0.25) is 0 Å². The molecule has 4 heteroatoms. The molecule has 0 aliphatic carbocycles. The van der Waals surface area contributed by atoms with E-state index in [0.717, 1.165) is 57.8 Å². The Kier molecular flexibility index (Phi) is 38.2. The number of allylic oxidation sites excluding steroid dienone is 12. The fourth-order valence-electron chi connectivity index (χ4n) is 5.13. The monoisotopic (exact) mass is 655 g/mol. The summed E-state index contributed by atoms with van der Waals surface area (Å²) in [6, 6.07) is 0. The summed E-state index contributed by atoms with van der Waals surface area (Å²) in [5.41, 5.74) is 0. The minimum Gasteiger partial charge on any atom is -0.457 e. The number of unbranched alkanes of at least 4 members (excludes halogenated alkanes) is 15. The molecule has 0 saturated carbocycles. The van der Waals surface area contributed by atoms with E-state index in [9.17, 15) is 9.90 Å². The molecule has 0 fully saturated rings. The molecule has 4 nitrogen and oxygen atoms in total. The summed E-state index contributed by atoms with van der Waals surface area (Å²) in [5, 5.41) is 9.56. The molecular weight excluding hydrogens is 580 g/mol. The largest absolute Gasteiger partial charge is 0.457 e. The van der Waals surface area contributed by atoms with E-state index in [1.807, 2.05) is 0 Å². The smallest absolute Gasteiger partial charge is 0.306 e. The summed E-state index contributed by atoms with van der Waals surface area (Å²) < 4.78 is 11.1. The highest BCUT2D eigenvalue weighted by atomic mass is 16.6. The molecule has 1 unspecified atom stereocenters. The molecule has 0 aromatic carbocycles. The van der Waals surface area contributed by atoms with Crippen molar-refractivity contribution >= 4 is 5.97 Å². The third kappa shape index (κ3) is 38.2. The summed E-state index contributed by atoms with van der Waals surface area (Å²) in [4.78, 5) is 12.2. The van der Waals surface area contributed by atoms with Gasteiger partial charge in [0.1, 0.15) is 6.10 Å². The molecule has 0 spiro atoms. The lowest BCUT2D eigenvalue weighted by atomic mass is 10.1. The first-order valence-electron chi connectivity index (χ1n) is 19.5. The van der Waals surface area contributed by atoms with Gasteiger partial charge in [-0.1, -0.05) is 157 Å². The molecule has 0 aliphatic heterocycles. The second-order valence-corrected chi connectivity index (χ2v) is 12.6. The van der Waals surface area contributed by atoms with E-state index < -0.39 is 6.10 Å². The molecular formula is C43H74O4. The summed E-state index contributed by atoms with van der Waals surface area (Å²) in [7, 11) is 0. The predicted octanol–water partition coefficient (Wildman–Crippen LogP) is 12.6. The van der Waals surface area contributed by atoms with Gasteiger partial charge in [0.15, 0.2) is 0 Å². The zero-order valence-electron chi connectivity index (χ0n) is 30.8. The highest BCUT2D eigenvalue weighted by Gasteiger charge is 2.13. The number of aliphatic hydroxyl groups excluding tert-OH is 1. The second-order valence-electron chi connectivity index (χ2n) is 12.6. The van der Waals surface area contributed by atoms with Gasteiger partial charge in [-0.3, -0.25) is 4.79 Å². The summed E-state index contributed by atoms with van der Waals surface area (Å²) >= 11 is 0. The minimum atomic E-state index is -0.567. The van der Waals surface area contributed by atoms with E-state index in [2.05, 4.69) is 86.8 Å². The van der Waals surface area contributed by atoms with Crippen LogP contribution in [-0.4, -0.2) is 37.0 Å². The summed E-state index contributed by atoms with van der Waals surface area (Å²) in [6.45, 7) is 5.07. The van der Waals surface area contributed by atoms with Crippen LogP contribution in [0.25, 0.3) is 0 Å². The SMILES string of the molecule is CC/C=C\C/C=C\C/C=C\C/C=C\CCCOCC(CO)OC(=O)CCCCCCCCCCC/C=C\C/C=C\CCCCCCC. The number of hydrogen-bond acceptors (Lipinski definition) is 4. The van der Waals surface area contributed by atoms with Gasteiger partial charge >= 0.3 is 5.97 Å². The van der Waals surface area contributed by atoms with Crippen LogP contribution in [-0.2, 0) is 14.3 Å². The lowest BCUT2D eigenvalue weighted by molar-refractivity contribution is -0.154. The average Bonchev–Trinajstić information content (AvgIpc) is 3.08. The Labute approximate surface area is 291 Å². The van der Waals surface area contributed by atoms with E-state index in [1.165, 1.54) is 89.9 Å². The molecule has 0 saturated heterocycles. The van der Waals surface area contributed by atoms with Crippen molar-refractivity contribution in [1.29, 1.82) is 0 Å². The highest BCUT2D eigenvalue weighted by Crippen LogP contribution is 2.12. The fraction of sp³-hybridized carbons (Fsp3) is 0.698. The fourth-order valence-corrected chi connectivity index (χ4v) is 5.13. The van der Waals surface area contributed by atoms with Crippen LogP contribution in [0.1, 0.15) is 168 Å². The molecule has 0 bridgehead atoms. The topological polar surface area (TPSA) is 55.8 Å². The molecule has 0 radical (unpaired) electrons. The third-order valence-corrected chi connectivity index (χ3v) is 8.02. The molecule has 0 rings (SSSR count). The molecule has 0 amide bonds. The van der Waals surface area contributed by atoms with Crippen LogP contribution in [0.5, 0.6) is 0 Å². The van der Waals surface area contributed by atoms with Gasteiger partial charge in [-0.25, -0.2) is 0 Å². The Morgan fingerprint density at radius 2 is 0.957 bits per heavy atom. The van der Waals surface area contributed by atoms with Gasteiger partial charge in [-0.05, 0) is 77.0 Å². The molecule has 1 atom stereocenters. The maximum Gasteiger partial charge on any atom is 0.306 e. The predicted molar refractivity (Wildman–Crippen MR) is 205 cm³/mol. The third-order valence-electron chi connectivity index (χ3n) is 8.02. The molecule has 47 heavy (non-hydrogen) atoms. The zero-order valence-corrected chi connectivity index (χ0v) is 30.8. The van der Waals surface area contributed by atoms with E-state index in [4.69, 9.17) is 9.47 Å². The Balaban J connectivity index is 3.53. The number of hydrogen-bond donors (Lipinski definition) is 1. The van der Waals surface area contributed by atoms with Crippen molar-refractivity contribution in [3.8, 4) is 0 Å². The molecule has 0 heterocycles. The normalized spacial score (nSPS) is 13.2. The second kappa shape index (κ2) is 40.0. The van der Waals surface area contributed by atoms with E-state index in [1.54, 1.807) is 0 Å². The van der Waals surface area contributed by atoms with Crippen molar-refractivity contribution in [2.45, 2.75) is 174 Å². The maximum absolute atomic E-state index is 12.2. The Bertz CT molecular complexity index is 820. The Morgan fingerprint density at radius 3 is 1.45 bits per heavy atom. The quantitative estimate of drug-likeness (QED) is 0.0420. The number of carbonyl (C=O) groups excluding carboxylic acids is 1. The number of esters is 1. The first-order valence-corrected chi connectivity index (χ1v) is 19.5. The first-order chi connectivity index (χ1) is 23.2. The molecule has 1 N–H and O–H groups in total. The van der Waals surface area contributed by atoms with Crippen LogP contribution in [0, 0.1) is 0 Å². The summed E-state index contributed by atoms with van der Waals surface area (Å²) in [6.07, 6.45) is 53.9. The zero-order chi connectivity index (χ0) is 34.1. The average molecular weight is 655 g/mol. The van der Waals surface area contributed by atoms with Gasteiger partial charge in [0, 0.05) is 13.0 Å². The standard InChI is InChI=1S/C43H74O4/c1-3-5-7-9-11-13-15-17-19-20-21-22-23-24-25-26-28-30-32-34-36-38-43(45)47-42(40-44)41-46-39-37-35-33-31-29-27-18-16-14-12-10-8-6-4-2/h6,8,12,14-15,17-18,20-21,27,31,33,42,44H,3-5,7,9-11,13,16,19,22-26,28-30,32,34-41H2,1-2H3/b8-6-,14-12-,17-15-,21-20-,27-18-,33-31-.